The number of aromatic nitrogens is 5. The molecule has 1 amide bonds. The highest BCUT2D eigenvalue weighted by Gasteiger charge is 2.18. The Balaban J connectivity index is 1.59. The molecule has 0 bridgehead atoms. The van der Waals surface area contributed by atoms with E-state index < -0.39 is 0 Å². The number of pyridine rings is 1. The van der Waals surface area contributed by atoms with Crippen LogP contribution < -0.4 is 5.32 Å². The number of fused-ring (bicyclic) bond motifs is 1. The minimum Gasteiger partial charge on any atom is -0.345 e. The van der Waals surface area contributed by atoms with E-state index in [9.17, 15) is 4.79 Å². The van der Waals surface area contributed by atoms with Gasteiger partial charge in [0.25, 0.3) is 11.8 Å². The number of carbonyl (C=O) groups is 1. The molecule has 0 saturated heterocycles. The first kappa shape index (κ1) is 18.8. The van der Waals surface area contributed by atoms with Crippen LogP contribution in [0.1, 0.15) is 52.9 Å². The van der Waals surface area contributed by atoms with Crippen molar-refractivity contribution < 1.29 is 9.32 Å². The second-order valence-electron chi connectivity index (χ2n) is 7.35. The van der Waals surface area contributed by atoms with E-state index >= 15 is 0 Å². The summed E-state index contributed by atoms with van der Waals surface area (Å²) in [6.07, 6.45) is 1.85. The average Bonchev–Trinajstić information content (AvgIpc) is 3.35. The van der Waals surface area contributed by atoms with Gasteiger partial charge >= 0.3 is 0 Å². The SMILES string of the molecule is Cc1ccc(C)c(C(=O)NCc2nnc3c(-c4nc(C(C)C)no4)cccn23)c1. The predicted molar refractivity (Wildman–Crippen MR) is 107 cm³/mol. The van der Waals surface area contributed by atoms with Gasteiger partial charge in [0.1, 0.15) is 0 Å². The van der Waals surface area contributed by atoms with E-state index in [1.54, 1.807) is 0 Å². The van der Waals surface area contributed by atoms with Crippen molar-refractivity contribution in [1.82, 2.24) is 30.1 Å². The van der Waals surface area contributed by atoms with Gasteiger partial charge in [0.15, 0.2) is 17.3 Å². The Morgan fingerprint density at radius 2 is 2.03 bits per heavy atom. The summed E-state index contributed by atoms with van der Waals surface area (Å²) in [7, 11) is 0. The lowest BCUT2D eigenvalue weighted by Crippen LogP contribution is -2.24. The Bertz CT molecular complexity index is 1190. The van der Waals surface area contributed by atoms with Crippen molar-refractivity contribution in [1.29, 1.82) is 0 Å². The highest BCUT2D eigenvalue weighted by atomic mass is 16.5. The first-order valence-electron chi connectivity index (χ1n) is 9.46. The molecule has 4 aromatic rings. The fourth-order valence-corrected chi connectivity index (χ4v) is 3.07. The van der Waals surface area contributed by atoms with E-state index in [1.807, 2.05) is 68.6 Å². The van der Waals surface area contributed by atoms with Crippen molar-refractivity contribution >= 4 is 11.6 Å². The normalized spacial score (nSPS) is 11.3. The molecule has 1 N–H and O–H groups in total. The molecule has 0 spiro atoms. The van der Waals surface area contributed by atoms with Crippen molar-refractivity contribution in [3.8, 4) is 11.5 Å². The topological polar surface area (TPSA) is 98.2 Å². The lowest BCUT2D eigenvalue weighted by Gasteiger charge is -2.08. The number of amides is 1. The quantitative estimate of drug-likeness (QED) is 0.560. The lowest BCUT2D eigenvalue weighted by molar-refractivity contribution is 0.0949. The van der Waals surface area contributed by atoms with Gasteiger partial charge in [-0.3, -0.25) is 9.20 Å². The lowest BCUT2D eigenvalue weighted by atomic mass is 10.1. The molecule has 1 aromatic carbocycles. The second kappa shape index (κ2) is 7.46. The minimum absolute atomic E-state index is 0.141. The standard InChI is InChI=1S/C21H22N6O2/c1-12(2)18-23-21(29-26-18)15-6-5-9-27-17(24-25-19(15)27)11-22-20(28)16-10-13(3)7-8-14(16)4/h5-10,12H,11H2,1-4H3,(H,22,28). The second-order valence-corrected chi connectivity index (χ2v) is 7.35. The fraction of sp³-hybridized carbons (Fsp3) is 0.286. The van der Waals surface area contributed by atoms with Crippen LogP contribution in [-0.2, 0) is 6.54 Å². The van der Waals surface area contributed by atoms with E-state index in [-0.39, 0.29) is 18.4 Å². The number of nitrogens with zero attached hydrogens (tertiary/aromatic N) is 5. The molecule has 0 radical (unpaired) electrons. The van der Waals surface area contributed by atoms with E-state index in [0.717, 1.165) is 11.1 Å². The van der Waals surface area contributed by atoms with Crippen molar-refractivity contribution in [2.75, 3.05) is 0 Å². The maximum Gasteiger partial charge on any atom is 0.261 e. The number of hydrogen-bond acceptors (Lipinski definition) is 6. The molecule has 0 unspecified atom stereocenters. The molecule has 148 valence electrons. The molecule has 0 fully saturated rings. The Labute approximate surface area is 168 Å². The van der Waals surface area contributed by atoms with Crippen LogP contribution in [0.4, 0.5) is 0 Å². The zero-order valence-electron chi connectivity index (χ0n) is 16.8. The Morgan fingerprint density at radius 1 is 1.21 bits per heavy atom. The number of aryl methyl sites for hydroxylation is 2. The van der Waals surface area contributed by atoms with E-state index in [2.05, 4.69) is 25.7 Å². The van der Waals surface area contributed by atoms with Gasteiger partial charge in [0.05, 0.1) is 12.1 Å². The van der Waals surface area contributed by atoms with Crippen molar-refractivity contribution in [3.05, 3.63) is 64.9 Å². The number of hydrogen-bond donors (Lipinski definition) is 1. The van der Waals surface area contributed by atoms with Gasteiger partial charge in [-0.15, -0.1) is 10.2 Å². The number of benzene rings is 1. The van der Waals surface area contributed by atoms with E-state index in [1.165, 1.54) is 0 Å². The number of nitrogens with one attached hydrogen (secondary N) is 1. The molecule has 0 saturated carbocycles. The Hall–Kier alpha value is -3.55. The molecular weight excluding hydrogens is 368 g/mol. The summed E-state index contributed by atoms with van der Waals surface area (Å²) in [5, 5.41) is 15.4. The third-order valence-corrected chi connectivity index (χ3v) is 4.74. The minimum atomic E-state index is -0.141. The average molecular weight is 390 g/mol. The van der Waals surface area contributed by atoms with Gasteiger partial charge < -0.3 is 9.84 Å². The van der Waals surface area contributed by atoms with E-state index in [4.69, 9.17) is 4.52 Å². The summed E-state index contributed by atoms with van der Waals surface area (Å²) < 4.78 is 7.22. The number of rotatable bonds is 5. The fourth-order valence-electron chi connectivity index (χ4n) is 3.07. The van der Waals surface area contributed by atoms with Crippen LogP contribution in [0.2, 0.25) is 0 Å². The molecule has 8 heteroatoms. The third kappa shape index (κ3) is 3.61. The maximum absolute atomic E-state index is 12.6. The smallest absolute Gasteiger partial charge is 0.261 e. The zero-order chi connectivity index (χ0) is 20.5. The highest BCUT2D eigenvalue weighted by Crippen LogP contribution is 2.24. The molecule has 3 heterocycles. The first-order valence-corrected chi connectivity index (χ1v) is 9.46. The summed E-state index contributed by atoms with van der Waals surface area (Å²) in [4.78, 5) is 17.0. The third-order valence-electron chi connectivity index (χ3n) is 4.74. The molecule has 0 aliphatic heterocycles. The molecule has 0 atom stereocenters. The maximum atomic E-state index is 12.6. The zero-order valence-corrected chi connectivity index (χ0v) is 16.8. The molecule has 0 aliphatic carbocycles. The number of carbonyl (C=O) groups excluding carboxylic acids is 1. The molecule has 4 rings (SSSR count). The molecular formula is C21H22N6O2. The summed E-state index contributed by atoms with van der Waals surface area (Å²) in [6.45, 7) is 8.14. The Morgan fingerprint density at radius 3 is 2.79 bits per heavy atom. The van der Waals surface area contributed by atoms with Crippen LogP contribution in [0.5, 0.6) is 0 Å². The van der Waals surface area contributed by atoms with Gasteiger partial charge in [-0.25, -0.2) is 0 Å². The monoisotopic (exact) mass is 390 g/mol. The summed E-state index contributed by atoms with van der Waals surface area (Å²) in [5.41, 5.74) is 3.93. The highest BCUT2D eigenvalue weighted by molar-refractivity contribution is 5.95. The largest absolute Gasteiger partial charge is 0.345 e. The molecule has 8 nitrogen and oxygen atoms in total. The van der Waals surface area contributed by atoms with Crippen LogP contribution >= 0.6 is 0 Å². The van der Waals surface area contributed by atoms with Crippen LogP contribution in [0.3, 0.4) is 0 Å². The van der Waals surface area contributed by atoms with E-state index in [0.29, 0.717) is 34.3 Å². The molecule has 0 aliphatic rings. The van der Waals surface area contributed by atoms with Crippen molar-refractivity contribution in [2.24, 2.45) is 0 Å². The van der Waals surface area contributed by atoms with Gasteiger partial charge in [-0.2, -0.15) is 4.98 Å². The molecule has 3 aromatic heterocycles. The van der Waals surface area contributed by atoms with Crippen LogP contribution in [-0.4, -0.2) is 30.6 Å². The Kier molecular flexibility index (Phi) is 4.84. The summed E-state index contributed by atoms with van der Waals surface area (Å²) in [5.74, 6) is 1.68. The van der Waals surface area contributed by atoms with Gasteiger partial charge in [-0.05, 0) is 37.6 Å². The first-order chi connectivity index (χ1) is 13.9. The molecule has 29 heavy (non-hydrogen) atoms. The van der Waals surface area contributed by atoms with Crippen LogP contribution in [0.15, 0.2) is 41.1 Å². The van der Waals surface area contributed by atoms with Crippen LogP contribution in [0.25, 0.3) is 17.1 Å². The van der Waals surface area contributed by atoms with Gasteiger partial charge in [-0.1, -0.05) is 36.7 Å². The van der Waals surface area contributed by atoms with Crippen molar-refractivity contribution in [3.63, 3.8) is 0 Å². The van der Waals surface area contributed by atoms with Gasteiger partial charge in [0.2, 0.25) is 0 Å². The van der Waals surface area contributed by atoms with Crippen molar-refractivity contribution in [2.45, 2.75) is 40.2 Å². The van der Waals surface area contributed by atoms with Crippen LogP contribution in [0, 0.1) is 13.8 Å². The predicted octanol–water partition coefficient (Wildman–Crippen LogP) is 3.45. The summed E-state index contributed by atoms with van der Waals surface area (Å²) in [6, 6.07) is 9.54. The van der Waals surface area contributed by atoms with Gasteiger partial charge in [0, 0.05) is 17.7 Å². The summed E-state index contributed by atoms with van der Waals surface area (Å²) >= 11 is 0.